The van der Waals surface area contributed by atoms with Gasteiger partial charge in [-0.3, -0.25) is 14.5 Å². The van der Waals surface area contributed by atoms with Crippen molar-refractivity contribution >= 4 is 23.3 Å². The van der Waals surface area contributed by atoms with Gasteiger partial charge in [0.1, 0.15) is 6.04 Å². The Morgan fingerprint density at radius 2 is 2.19 bits per heavy atom. The molecule has 0 radical (unpaired) electrons. The van der Waals surface area contributed by atoms with Gasteiger partial charge in [0.15, 0.2) is 0 Å². The maximum atomic E-state index is 12.3. The number of hydrogen-bond acceptors (Lipinski definition) is 4. The third kappa shape index (κ3) is 3.33. The molecule has 1 aliphatic rings. The Balaban J connectivity index is 2.05. The van der Waals surface area contributed by atoms with E-state index in [1.165, 1.54) is 0 Å². The number of anilines is 2. The minimum Gasteiger partial charge on any atom is -0.480 e. The molecule has 1 fully saturated rings. The van der Waals surface area contributed by atoms with Gasteiger partial charge in [-0.1, -0.05) is 6.07 Å². The molecule has 2 rings (SSSR count). The van der Waals surface area contributed by atoms with Crippen LogP contribution in [0.2, 0.25) is 0 Å². The number of aryl methyl sites for hydroxylation is 1. The summed E-state index contributed by atoms with van der Waals surface area (Å²) < 4.78 is 0. The van der Waals surface area contributed by atoms with Crippen LogP contribution in [0.5, 0.6) is 0 Å². The maximum Gasteiger partial charge on any atom is 0.320 e. The van der Waals surface area contributed by atoms with Gasteiger partial charge >= 0.3 is 5.97 Å². The molecule has 6 nitrogen and oxygen atoms in total. The van der Waals surface area contributed by atoms with Crippen molar-refractivity contribution < 1.29 is 14.7 Å². The molecule has 4 N–H and O–H groups in total. The van der Waals surface area contributed by atoms with Crippen molar-refractivity contribution in [1.29, 1.82) is 0 Å². The van der Waals surface area contributed by atoms with E-state index in [9.17, 15) is 14.7 Å². The Bertz CT molecular complexity index is 559. The van der Waals surface area contributed by atoms with Crippen LogP contribution in [0, 0.1) is 6.92 Å². The van der Waals surface area contributed by atoms with Gasteiger partial charge in [-0.15, -0.1) is 0 Å². The predicted molar refractivity (Wildman–Crippen MR) is 81.0 cm³/mol. The van der Waals surface area contributed by atoms with E-state index in [-0.39, 0.29) is 5.91 Å². The van der Waals surface area contributed by atoms with E-state index < -0.39 is 18.1 Å². The van der Waals surface area contributed by atoms with E-state index in [1.54, 1.807) is 24.0 Å². The quantitative estimate of drug-likeness (QED) is 0.730. The van der Waals surface area contributed by atoms with Crippen LogP contribution in [-0.4, -0.2) is 40.5 Å². The Hall–Kier alpha value is -2.08. The minimum absolute atomic E-state index is 0.216. The topological polar surface area (TPSA) is 95.7 Å². The molecule has 0 saturated carbocycles. The standard InChI is InChI=1S/C15H21N3O3/c1-9-5-6-11(8-12(9)16)17-14(19)10(2)18-7-3-4-13(18)15(20)21/h5-6,8,10,13H,3-4,7,16H2,1-2H3,(H,17,19)(H,20,21). The van der Waals surface area contributed by atoms with E-state index in [2.05, 4.69) is 5.32 Å². The lowest BCUT2D eigenvalue weighted by atomic mass is 10.1. The van der Waals surface area contributed by atoms with Crippen molar-refractivity contribution in [3.05, 3.63) is 23.8 Å². The lowest BCUT2D eigenvalue weighted by Crippen LogP contribution is -2.47. The molecule has 0 aliphatic carbocycles. The summed E-state index contributed by atoms with van der Waals surface area (Å²) in [6.45, 7) is 4.25. The summed E-state index contributed by atoms with van der Waals surface area (Å²) in [5.41, 5.74) is 8.01. The lowest BCUT2D eigenvalue weighted by Gasteiger charge is -2.27. The zero-order valence-corrected chi connectivity index (χ0v) is 12.3. The third-order valence-electron chi connectivity index (χ3n) is 4.00. The van der Waals surface area contributed by atoms with Gasteiger partial charge in [0.05, 0.1) is 6.04 Å². The SMILES string of the molecule is Cc1ccc(NC(=O)C(C)N2CCCC2C(=O)O)cc1N. The zero-order valence-electron chi connectivity index (χ0n) is 12.3. The fourth-order valence-electron chi connectivity index (χ4n) is 2.63. The number of nitrogens with zero attached hydrogens (tertiary/aromatic N) is 1. The summed E-state index contributed by atoms with van der Waals surface area (Å²) >= 11 is 0. The highest BCUT2D eigenvalue weighted by molar-refractivity contribution is 5.95. The highest BCUT2D eigenvalue weighted by Crippen LogP contribution is 2.22. The highest BCUT2D eigenvalue weighted by Gasteiger charge is 2.36. The van der Waals surface area contributed by atoms with E-state index in [0.717, 1.165) is 12.0 Å². The monoisotopic (exact) mass is 291 g/mol. The first kappa shape index (κ1) is 15.3. The highest BCUT2D eigenvalue weighted by atomic mass is 16.4. The van der Waals surface area contributed by atoms with Gasteiger partial charge in [0.25, 0.3) is 0 Å². The number of carbonyl (C=O) groups excluding carboxylic acids is 1. The number of hydrogen-bond donors (Lipinski definition) is 3. The van der Waals surface area contributed by atoms with Crippen molar-refractivity contribution in [1.82, 2.24) is 4.90 Å². The Kier molecular flexibility index (Phi) is 4.47. The second-order valence-electron chi connectivity index (χ2n) is 5.47. The molecule has 2 atom stereocenters. The molecule has 0 aromatic heterocycles. The van der Waals surface area contributed by atoms with Crippen molar-refractivity contribution in [2.75, 3.05) is 17.6 Å². The van der Waals surface area contributed by atoms with Crippen LogP contribution in [0.15, 0.2) is 18.2 Å². The maximum absolute atomic E-state index is 12.3. The van der Waals surface area contributed by atoms with Gasteiger partial charge < -0.3 is 16.2 Å². The molecule has 114 valence electrons. The normalized spacial score (nSPS) is 20.2. The summed E-state index contributed by atoms with van der Waals surface area (Å²) in [6.07, 6.45) is 1.39. The van der Waals surface area contributed by atoms with Crippen molar-refractivity contribution in [2.24, 2.45) is 0 Å². The fourth-order valence-corrected chi connectivity index (χ4v) is 2.63. The summed E-state index contributed by atoms with van der Waals surface area (Å²) in [5.74, 6) is -1.09. The van der Waals surface area contributed by atoms with E-state index in [1.807, 2.05) is 13.0 Å². The first-order valence-electron chi connectivity index (χ1n) is 7.05. The lowest BCUT2D eigenvalue weighted by molar-refractivity contribution is -0.143. The molecule has 1 aromatic carbocycles. The number of carboxylic acids is 1. The minimum atomic E-state index is -0.869. The second-order valence-corrected chi connectivity index (χ2v) is 5.47. The van der Waals surface area contributed by atoms with Gasteiger partial charge in [-0.05, 0) is 50.9 Å². The van der Waals surface area contributed by atoms with E-state index in [4.69, 9.17) is 5.73 Å². The molecular weight excluding hydrogens is 270 g/mol. The van der Waals surface area contributed by atoms with Crippen LogP contribution in [0.4, 0.5) is 11.4 Å². The number of carbonyl (C=O) groups is 2. The smallest absolute Gasteiger partial charge is 0.320 e. The molecule has 2 unspecified atom stereocenters. The number of nitrogens with one attached hydrogen (secondary N) is 1. The van der Waals surface area contributed by atoms with Crippen LogP contribution in [0.1, 0.15) is 25.3 Å². The van der Waals surface area contributed by atoms with Gasteiger partial charge in [-0.2, -0.15) is 0 Å². The van der Waals surface area contributed by atoms with Crippen LogP contribution >= 0.6 is 0 Å². The average Bonchev–Trinajstić information content (AvgIpc) is 2.91. The molecule has 21 heavy (non-hydrogen) atoms. The Morgan fingerprint density at radius 3 is 2.81 bits per heavy atom. The van der Waals surface area contributed by atoms with E-state index >= 15 is 0 Å². The number of likely N-dealkylation sites (tertiary alicyclic amines) is 1. The Morgan fingerprint density at radius 1 is 1.48 bits per heavy atom. The number of carboxylic acid groups (broad SMARTS) is 1. The molecule has 1 amide bonds. The van der Waals surface area contributed by atoms with Crippen molar-refractivity contribution in [2.45, 2.75) is 38.8 Å². The largest absolute Gasteiger partial charge is 0.480 e. The van der Waals surface area contributed by atoms with Crippen LogP contribution in [0.3, 0.4) is 0 Å². The Labute approximate surface area is 123 Å². The van der Waals surface area contributed by atoms with Gasteiger partial charge in [0.2, 0.25) is 5.91 Å². The van der Waals surface area contributed by atoms with Gasteiger partial charge in [-0.25, -0.2) is 0 Å². The first-order valence-corrected chi connectivity index (χ1v) is 7.05. The van der Waals surface area contributed by atoms with Crippen molar-refractivity contribution in [3.8, 4) is 0 Å². The number of amides is 1. The molecule has 6 heteroatoms. The second kappa shape index (κ2) is 6.13. The molecule has 1 aromatic rings. The van der Waals surface area contributed by atoms with Gasteiger partial charge in [0, 0.05) is 11.4 Å². The molecular formula is C15H21N3O3. The number of rotatable bonds is 4. The van der Waals surface area contributed by atoms with E-state index in [0.29, 0.717) is 24.3 Å². The molecule has 1 saturated heterocycles. The van der Waals surface area contributed by atoms with Crippen LogP contribution in [0.25, 0.3) is 0 Å². The third-order valence-corrected chi connectivity index (χ3v) is 4.00. The number of benzene rings is 1. The fraction of sp³-hybridized carbons (Fsp3) is 0.467. The summed E-state index contributed by atoms with van der Waals surface area (Å²) in [4.78, 5) is 25.2. The molecule has 0 spiro atoms. The summed E-state index contributed by atoms with van der Waals surface area (Å²) in [6, 6.07) is 4.27. The summed E-state index contributed by atoms with van der Waals surface area (Å²) in [5, 5.41) is 12.0. The summed E-state index contributed by atoms with van der Waals surface area (Å²) in [7, 11) is 0. The number of nitrogen functional groups attached to an aromatic ring is 1. The molecule has 1 aliphatic heterocycles. The van der Waals surface area contributed by atoms with Crippen LogP contribution < -0.4 is 11.1 Å². The molecule has 1 heterocycles. The number of nitrogens with two attached hydrogens (primary N) is 1. The molecule has 0 bridgehead atoms. The predicted octanol–water partition coefficient (Wildman–Crippen LogP) is 1.45. The van der Waals surface area contributed by atoms with Crippen molar-refractivity contribution in [3.63, 3.8) is 0 Å². The van der Waals surface area contributed by atoms with Crippen LogP contribution in [-0.2, 0) is 9.59 Å². The number of aliphatic carboxylic acids is 1. The first-order chi connectivity index (χ1) is 9.90. The average molecular weight is 291 g/mol. The zero-order chi connectivity index (χ0) is 15.6.